The Kier molecular flexibility index (Phi) is 6.26. The number of hydrogen-bond acceptors (Lipinski definition) is 5. The number of aromatic nitrogens is 2. The number of benzene rings is 1. The third-order valence-corrected chi connectivity index (χ3v) is 4.25. The first kappa shape index (κ1) is 16.0. The maximum Gasteiger partial charge on any atom is 0.228 e. The molecule has 0 bridgehead atoms. The maximum absolute atomic E-state index is 5.37. The molecule has 114 valence electrons. The van der Waals surface area contributed by atoms with Crippen LogP contribution < -0.4 is 5.32 Å². The zero-order valence-corrected chi connectivity index (χ0v) is 13.7. The average Bonchev–Trinajstić information content (AvgIpc) is 2.96. The minimum absolute atomic E-state index is 0.395. The van der Waals surface area contributed by atoms with E-state index in [1.807, 2.05) is 30.9 Å². The number of nitrogens with zero attached hydrogens (tertiary/aromatic N) is 2. The van der Waals surface area contributed by atoms with Gasteiger partial charge in [-0.05, 0) is 43.5 Å². The topological polar surface area (TPSA) is 51.0 Å². The number of rotatable bonds is 8. The quantitative estimate of drug-likeness (QED) is 0.752. The van der Waals surface area contributed by atoms with E-state index in [1.165, 1.54) is 4.90 Å². The first-order valence-electron chi connectivity index (χ1n) is 7.49. The highest BCUT2D eigenvalue weighted by Crippen LogP contribution is 2.22. The highest BCUT2D eigenvalue weighted by atomic mass is 32.2. The molecular weight excluding hydrogens is 282 g/mol. The molecule has 1 aromatic carbocycles. The van der Waals surface area contributed by atoms with Crippen molar-refractivity contribution < 1.29 is 4.52 Å². The minimum Gasteiger partial charge on any atom is -0.339 e. The van der Waals surface area contributed by atoms with Gasteiger partial charge in [0.2, 0.25) is 11.7 Å². The third kappa shape index (κ3) is 4.58. The molecule has 1 N–H and O–H groups in total. The number of thioether (sulfide) groups is 1. The predicted molar refractivity (Wildman–Crippen MR) is 87.6 cm³/mol. The second kappa shape index (κ2) is 8.20. The maximum atomic E-state index is 5.37. The van der Waals surface area contributed by atoms with Crippen LogP contribution in [0.1, 0.15) is 32.6 Å². The molecular formula is C16H23N3OS. The Balaban J connectivity index is 2.04. The average molecular weight is 305 g/mol. The Labute approximate surface area is 130 Å². The van der Waals surface area contributed by atoms with Gasteiger partial charge in [0.05, 0.1) is 0 Å². The Morgan fingerprint density at radius 3 is 2.62 bits per heavy atom. The molecule has 1 aromatic heterocycles. The van der Waals surface area contributed by atoms with E-state index in [0.29, 0.717) is 17.8 Å². The molecule has 1 atom stereocenters. The summed E-state index contributed by atoms with van der Waals surface area (Å²) in [6.07, 6.45) is 3.03. The fourth-order valence-corrected chi connectivity index (χ4v) is 2.89. The molecule has 1 heterocycles. The lowest BCUT2D eigenvalue weighted by Gasteiger charge is -2.11. The standard InChI is InChI=1S/C16H23N3OS/c1-4-6-13(17-3)11-15-18-16(19-20-15)12-7-9-14(10-8-12)21-5-2/h7-10,13,17H,4-6,11H2,1-3H3. The Morgan fingerprint density at radius 1 is 1.24 bits per heavy atom. The van der Waals surface area contributed by atoms with Crippen LogP contribution in [0.4, 0.5) is 0 Å². The van der Waals surface area contributed by atoms with Gasteiger partial charge < -0.3 is 9.84 Å². The van der Waals surface area contributed by atoms with Crippen molar-refractivity contribution in [3.63, 3.8) is 0 Å². The molecule has 0 radical (unpaired) electrons. The zero-order chi connectivity index (χ0) is 15.1. The predicted octanol–water partition coefficient (Wildman–Crippen LogP) is 3.78. The lowest BCUT2D eigenvalue weighted by molar-refractivity contribution is 0.356. The molecule has 0 aliphatic heterocycles. The van der Waals surface area contributed by atoms with Crippen molar-refractivity contribution in [1.29, 1.82) is 0 Å². The summed E-state index contributed by atoms with van der Waals surface area (Å²) in [7, 11) is 1.97. The van der Waals surface area contributed by atoms with E-state index in [1.54, 1.807) is 0 Å². The zero-order valence-electron chi connectivity index (χ0n) is 12.9. The molecule has 0 saturated carbocycles. The van der Waals surface area contributed by atoms with Gasteiger partial charge in [-0.25, -0.2) is 0 Å². The Hall–Kier alpha value is -1.33. The molecule has 0 aliphatic carbocycles. The largest absolute Gasteiger partial charge is 0.339 e. The van der Waals surface area contributed by atoms with Crippen molar-refractivity contribution in [1.82, 2.24) is 15.5 Å². The Bertz CT molecular complexity index is 539. The van der Waals surface area contributed by atoms with Crippen molar-refractivity contribution in [3.8, 4) is 11.4 Å². The van der Waals surface area contributed by atoms with Gasteiger partial charge in [0.1, 0.15) is 0 Å². The van der Waals surface area contributed by atoms with Gasteiger partial charge in [-0.1, -0.05) is 25.4 Å². The highest BCUT2D eigenvalue weighted by molar-refractivity contribution is 7.99. The monoisotopic (exact) mass is 305 g/mol. The normalized spacial score (nSPS) is 12.5. The SMILES string of the molecule is CCCC(Cc1nc(-c2ccc(SCC)cc2)no1)NC. The summed E-state index contributed by atoms with van der Waals surface area (Å²) < 4.78 is 5.37. The summed E-state index contributed by atoms with van der Waals surface area (Å²) in [4.78, 5) is 5.77. The van der Waals surface area contributed by atoms with E-state index < -0.39 is 0 Å². The first-order chi connectivity index (χ1) is 10.3. The van der Waals surface area contributed by atoms with Crippen LogP contribution in [-0.4, -0.2) is 29.0 Å². The van der Waals surface area contributed by atoms with Crippen LogP contribution in [0, 0.1) is 0 Å². The first-order valence-corrected chi connectivity index (χ1v) is 8.48. The Morgan fingerprint density at radius 2 is 2.00 bits per heavy atom. The van der Waals surface area contributed by atoms with Crippen LogP contribution in [0.25, 0.3) is 11.4 Å². The lowest BCUT2D eigenvalue weighted by atomic mass is 10.1. The van der Waals surface area contributed by atoms with Gasteiger partial charge in [-0.2, -0.15) is 4.98 Å². The van der Waals surface area contributed by atoms with Gasteiger partial charge in [0.15, 0.2) is 0 Å². The van der Waals surface area contributed by atoms with Crippen LogP contribution >= 0.6 is 11.8 Å². The van der Waals surface area contributed by atoms with E-state index in [0.717, 1.165) is 30.6 Å². The van der Waals surface area contributed by atoms with Crippen molar-refractivity contribution in [2.45, 2.75) is 44.0 Å². The molecule has 0 saturated heterocycles. The van der Waals surface area contributed by atoms with E-state index in [4.69, 9.17) is 4.52 Å². The van der Waals surface area contributed by atoms with Crippen molar-refractivity contribution >= 4 is 11.8 Å². The van der Waals surface area contributed by atoms with Crippen molar-refractivity contribution in [3.05, 3.63) is 30.2 Å². The molecule has 2 aromatic rings. The summed E-state index contributed by atoms with van der Waals surface area (Å²) in [5.41, 5.74) is 1.00. The van der Waals surface area contributed by atoms with Crippen molar-refractivity contribution in [2.75, 3.05) is 12.8 Å². The van der Waals surface area contributed by atoms with Crippen LogP contribution in [0.5, 0.6) is 0 Å². The summed E-state index contributed by atoms with van der Waals surface area (Å²) in [5, 5.41) is 7.38. The van der Waals surface area contributed by atoms with Crippen LogP contribution in [-0.2, 0) is 6.42 Å². The number of likely N-dealkylation sites (N-methyl/N-ethyl adjacent to an activating group) is 1. The smallest absolute Gasteiger partial charge is 0.228 e. The molecule has 1 unspecified atom stereocenters. The van der Waals surface area contributed by atoms with Gasteiger partial charge in [-0.15, -0.1) is 11.8 Å². The van der Waals surface area contributed by atoms with E-state index in [9.17, 15) is 0 Å². The highest BCUT2D eigenvalue weighted by Gasteiger charge is 2.13. The third-order valence-electron chi connectivity index (χ3n) is 3.36. The summed E-state index contributed by atoms with van der Waals surface area (Å²) >= 11 is 1.83. The number of nitrogens with one attached hydrogen (secondary N) is 1. The second-order valence-corrected chi connectivity index (χ2v) is 6.28. The van der Waals surface area contributed by atoms with Gasteiger partial charge in [-0.3, -0.25) is 0 Å². The van der Waals surface area contributed by atoms with E-state index in [2.05, 4.69) is 41.4 Å². The van der Waals surface area contributed by atoms with Gasteiger partial charge >= 0.3 is 0 Å². The van der Waals surface area contributed by atoms with E-state index in [-0.39, 0.29) is 0 Å². The molecule has 0 fully saturated rings. The van der Waals surface area contributed by atoms with E-state index >= 15 is 0 Å². The fraction of sp³-hybridized carbons (Fsp3) is 0.500. The fourth-order valence-electron chi connectivity index (χ4n) is 2.23. The molecule has 5 heteroatoms. The second-order valence-electron chi connectivity index (χ2n) is 4.95. The molecule has 2 rings (SSSR count). The molecule has 0 amide bonds. The minimum atomic E-state index is 0.395. The van der Waals surface area contributed by atoms with Crippen LogP contribution in [0.2, 0.25) is 0 Å². The van der Waals surface area contributed by atoms with Crippen molar-refractivity contribution in [2.24, 2.45) is 0 Å². The summed E-state index contributed by atoms with van der Waals surface area (Å²) in [6, 6.07) is 8.70. The van der Waals surface area contributed by atoms with Crippen LogP contribution in [0.3, 0.4) is 0 Å². The van der Waals surface area contributed by atoms with Gasteiger partial charge in [0.25, 0.3) is 0 Å². The molecule has 0 spiro atoms. The number of hydrogen-bond donors (Lipinski definition) is 1. The lowest BCUT2D eigenvalue weighted by Crippen LogP contribution is -2.27. The van der Waals surface area contributed by atoms with Crippen LogP contribution in [0.15, 0.2) is 33.7 Å². The van der Waals surface area contributed by atoms with Gasteiger partial charge in [0, 0.05) is 22.9 Å². The summed E-state index contributed by atoms with van der Waals surface area (Å²) in [6.45, 7) is 4.33. The summed E-state index contributed by atoms with van der Waals surface area (Å²) in [5.74, 6) is 2.45. The molecule has 21 heavy (non-hydrogen) atoms. The molecule has 4 nitrogen and oxygen atoms in total. The molecule has 0 aliphatic rings.